The first-order valence-corrected chi connectivity index (χ1v) is 14.1. The van der Waals surface area contributed by atoms with Crippen molar-refractivity contribution in [3.8, 4) is 0 Å². The fraction of sp³-hybridized carbons (Fsp3) is 0.774. The molecule has 0 spiro atoms. The van der Waals surface area contributed by atoms with Crippen LogP contribution in [0.1, 0.15) is 93.9 Å². The van der Waals surface area contributed by atoms with Crippen LogP contribution in [0.3, 0.4) is 0 Å². The molecule has 37 heavy (non-hydrogen) atoms. The molecule has 0 saturated heterocycles. The summed E-state index contributed by atoms with van der Waals surface area (Å²) in [4.78, 5) is 39.6. The SMILES string of the molecule is C/C(=C\CC[C@@H](C)C1CC(=O)[C@@]2(C)C3=C(C(=O)C(C)C12C)C1(C)CC[C@H](O)C(C)(C)C1C[C@@H]3O)C(=O)O. The third-order valence-electron chi connectivity index (χ3n) is 12.1. The Morgan fingerprint density at radius 1 is 1.14 bits per heavy atom. The first kappa shape index (κ1) is 28.2. The minimum absolute atomic E-state index is 0.0427. The van der Waals surface area contributed by atoms with E-state index in [9.17, 15) is 29.7 Å². The predicted molar refractivity (Wildman–Crippen MR) is 142 cm³/mol. The van der Waals surface area contributed by atoms with E-state index in [0.717, 1.165) is 6.42 Å². The second-order valence-electron chi connectivity index (χ2n) is 13.9. The van der Waals surface area contributed by atoms with Crippen molar-refractivity contribution >= 4 is 17.5 Å². The number of carbonyl (C=O) groups is 3. The summed E-state index contributed by atoms with van der Waals surface area (Å²) in [6, 6.07) is 0. The molecule has 0 amide bonds. The fourth-order valence-electron chi connectivity index (χ4n) is 9.33. The Morgan fingerprint density at radius 3 is 2.35 bits per heavy atom. The molecular weight excluding hydrogens is 468 g/mol. The molecule has 0 bridgehead atoms. The average Bonchev–Trinajstić information content (AvgIpc) is 3.03. The van der Waals surface area contributed by atoms with Gasteiger partial charge in [0.1, 0.15) is 5.78 Å². The number of Topliss-reactive ketones (excluding diaryl/α,β-unsaturated/α-hetero) is 2. The molecule has 0 heterocycles. The number of fused-ring (bicyclic) bond motifs is 4. The van der Waals surface area contributed by atoms with Crippen molar-refractivity contribution in [1.82, 2.24) is 0 Å². The molecule has 9 atom stereocenters. The number of aliphatic hydroxyl groups excluding tert-OH is 2. The van der Waals surface area contributed by atoms with Crippen molar-refractivity contribution in [2.24, 2.45) is 45.3 Å². The number of aliphatic hydroxyl groups is 2. The van der Waals surface area contributed by atoms with E-state index in [0.29, 0.717) is 48.8 Å². The normalized spacial score (nSPS) is 44.3. The summed E-state index contributed by atoms with van der Waals surface area (Å²) in [5, 5.41) is 31.7. The molecule has 0 aliphatic heterocycles. The molecule has 6 nitrogen and oxygen atoms in total. The summed E-state index contributed by atoms with van der Waals surface area (Å²) < 4.78 is 0. The molecule has 0 aromatic rings. The van der Waals surface area contributed by atoms with E-state index in [1.807, 2.05) is 27.7 Å². The van der Waals surface area contributed by atoms with Crippen LogP contribution in [0, 0.1) is 45.3 Å². The molecule has 0 radical (unpaired) electrons. The zero-order valence-corrected chi connectivity index (χ0v) is 23.9. The first-order valence-electron chi connectivity index (χ1n) is 14.1. The van der Waals surface area contributed by atoms with E-state index < -0.39 is 39.8 Å². The summed E-state index contributed by atoms with van der Waals surface area (Å²) in [5.74, 6) is -1.14. The van der Waals surface area contributed by atoms with Gasteiger partial charge in [-0.2, -0.15) is 0 Å². The average molecular weight is 515 g/mol. The van der Waals surface area contributed by atoms with Crippen molar-refractivity contribution in [3.63, 3.8) is 0 Å². The number of aliphatic carboxylic acids is 1. The van der Waals surface area contributed by atoms with Gasteiger partial charge in [-0.1, -0.05) is 47.6 Å². The molecule has 3 N–H and O–H groups in total. The largest absolute Gasteiger partial charge is 0.478 e. The maximum absolute atomic E-state index is 14.4. The van der Waals surface area contributed by atoms with Gasteiger partial charge in [0.05, 0.1) is 17.6 Å². The first-order chi connectivity index (χ1) is 17.0. The summed E-state index contributed by atoms with van der Waals surface area (Å²) in [6.45, 7) is 15.9. The fourth-order valence-corrected chi connectivity index (χ4v) is 9.33. The van der Waals surface area contributed by atoms with Crippen molar-refractivity contribution in [2.45, 2.75) is 106 Å². The highest BCUT2D eigenvalue weighted by molar-refractivity contribution is 6.06. The van der Waals surface area contributed by atoms with Gasteiger partial charge in [0.25, 0.3) is 0 Å². The molecular formula is C31H46O6. The number of hydrogen-bond donors (Lipinski definition) is 3. The number of rotatable bonds is 5. The van der Waals surface area contributed by atoms with E-state index in [2.05, 4.69) is 20.8 Å². The van der Waals surface area contributed by atoms with Crippen molar-refractivity contribution in [2.75, 3.05) is 0 Å². The molecule has 4 rings (SSSR count). The van der Waals surface area contributed by atoms with Gasteiger partial charge in [0.2, 0.25) is 0 Å². The van der Waals surface area contributed by atoms with Crippen LogP contribution in [-0.4, -0.2) is 45.1 Å². The van der Waals surface area contributed by atoms with Gasteiger partial charge in [-0.05, 0) is 85.5 Å². The lowest BCUT2D eigenvalue weighted by Gasteiger charge is -2.63. The molecule has 4 aliphatic rings. The van der Waals surface area contributed by atoms with Crippen LogP contribution >= 0.6 is 0 Å². The van der Waals surface area contributed by atoms with Crippen LogP contribution in [0.15, 0.2) is 22.8 Å². The Balaban J connectivity index is 1.81. The van der Waals surface area contributed by atoms with Gasteiger partial charge >= 0.3 is 5.97 Å². The van der Waals surface area contributed by atoms with Crippen molar-refractivity contribution in [3.05, 3.63) is 22.8 Å². The van der Waals surface area contributed by atoms with Crippen LogP contribution in [0.5, 0.6) is 0 Å². The van der Waals surface area contributed by atoms with Gasteiger partial charge in [0, 0.05) is 23.5 Å². The number of ketones is 2. The summed E-state index contributed by atoms with van der Waals surface area (Å²) in [5.41, 5.74) is -0.869. The van der Waals surface area contributed by atoms with Gasteiger partial charge in [-0.3, -0.25) is 9.59 Å². The third kappa shape index (κ3) is 3.61. The van der Waals surface area contributed by atoms with Crippen LogP contribution < -0.4 is 0 Å². The standard InChI is InChI=1S/C31H46O6/c1-16(10-9-11-17(2)27(36)37)19-14-23(34)31(8)24-20(32)15-21-28(4,5)22(33)12-13-29(21,6)25(24)26(35)18(3)30(19,31)7/h11,16,18-22,32-33H,9-10,12-15H2,1-8H3,(H,36,37)/b17-11+/t16-,18?,19?,20+,21?,22+,29?,30?,31+/m1/s1. The lowest BCUT2D eigenvalue weighted by molar-refractivity contribution is -0.149. The zero-order valence-electron chi connectivity index (χ0n) is 23.9. The quantitative estimate of drug-likeness (QED) is 0.439. The lowest BCUT2D eigenvalue weighted by Crippen LogP contribution is -2.62. The monoisotopic (exact) mass is 514 g/mol. The minimum atomic E-state index is -0.936. The molecule has 2 fully saturated rings. The molecule has 0 aromatic heterocycles. The number of carboxylic acids is 1. The Morgan fingerprint density at radius 2 is 1.76 bits per heavy atom. The van der Waals surface area contributed by atoms with Crippen LogP contribution in [0.2, 0.25) is 0 Å². The zero-order chi connectivity index (χ0) is 27.9. The highest BCUT2D eigenvalue weighted by atomic mass is 16.4. The predicted octanol–water partition coefficient (Wildman–Crippen LogP) is 5.12. The second kappa shape index (κ2) is 8.87. The van der Waals surface area contributed by atoms with Crippen molar-refractivity contribution < 1.29 is 29.7 Å². The number of hydrogen-bond acceptors (Lipinski definition) is 5. The van der Waals surface area contributed by atoms with E-state index in [1.54, 1.807) is 13.0 Å². The molecule has 5 unspecified atom stereocenters. The highest BCUT2D eigenvalue weighted by Crippen LogP contribution is 2.72. The molecule has 2 saturated carbocycles. The van der Waals surface area contributed by atoms with E-state index >= 15 is 0 Å². The van der Waals surface area contributed by atoms with Gasteiger partial charge in [-0.25, -0.2) is 4.79 Å². The van der Waals surface area contributed by atoms with Gasteiger partial charge in [0.15, 0.2) is 5.78 Å². The lowest BCUT2D eigenvalue weighted by atomic mass is 9.40. The minimum Gasteiger partial charge on any atom is -0.478 e. The number of allylic oxidation sites excluding steroid dienone is 2. The summed E-state index contributed by atoms with van der Waals surface area (Å²) in [6.07, 6.45) is 3.76. The Bertz CT molecular complexity index is 1080. The maximum Gasteiger partial charge on any atom is 0.330 e. The molecule has 6 heteroatoms. The van der Waals surface area contributed by atoms with Gasteiger partial charge in [-0.15, -0.1) is 0 Å². The number of carboxylic acid groups (broad SMARTS) is 1. The Labute approximate surface area is 221 Å². The highest BCUT2D eigenvalue weighted by Gasteiger charge is 2.72. The van der Waals surface area contributed by atoms with E-state index in [-0.39, 0.29) is 35.2 Å². The smallest absolute Gasteiger partial charge is 0.330 e. The third-order valence-corrected chi connectivity index (χ3v) is 12.1. The number of carbonyl (C=O) groups excluding carboxylic acids is 2. The van der Waals surface area contributed by atoms with Crippen LogP contribution in [0.4, 0.5) is 0 Å². The van der Waals surface area contributed by atoms with Crippen LogP contribution in [-0.2, 0) is 14.4 Å². The topological polar surface area (TPSA) is 112 Å². The van der Waals surface area contributed by atoms with Crippen LogP contribution in [0.25, 0.3) is 0 Å². The Hall–Kier alpha value is -1.79. The molecule has 0 aromatic carbocycles. The maximum atomic E-state index is 14.4. The van der Waals surface area contributed by atoms with E-state index in [1.165, 1.54) is 0 Å². The summed E-state index contributed by atoms with van der Waals surface area (Å²) in [7, 11) is 0. The van der Waals surface area contributed by atoms with Crippen molar-refractivity contribution in [1.29, 1.82) is 0 Å². The van der Waals surface area contributed by atoms with Gasteiger partial charge < -0.3 is 15.3 Å². The molecule has 4 aliphatic carbocycles. The van der Waals surface area contributed by atoms with E-state index in [4.69, 9.17) is 0 Å². The Kier molecular flexibility index (Phi) is 6.77. The summed E-state index contributed by atoms with van der Waals surface area (Å²) >= 11 is 0. The second-order valence-corrected chi connectivity index (χ2v) is 13.9. The molecule has 206 valence electrons.